The molecule has 0 spiro atoms. The van der Waals surface area contributed by atoms with E-state index in [4.69, 9.17) is 5.11 Å². The van der Waals surface area contributed by atoms with Gasteiger partial charge in [0.15, 0.2) is 5.78 Å². The number of ether oxygens (including phenoxy) is 1. The lowest BCUT2D eigenvalue weighted by Gasteiger charge is -2.23. The zero-order valence-corrected chi connectivity index (χ0v) is 13.8. The van der Waals surface area contributed by atoms with Gasteiger partial charge in [-0.2, -0.15) is 0 Å². The van der Waals surface area contributed by atoms with E-state index in [0.29, 0.717) is 5.56 Å². The van der Waals surface area contributed by atoms with Crippen molar-refractivity contribution in [2.45, 2.75) is 18.5 Å². The molecule has 144 valence electrons. The highest BCUT2D eigenvalue weighted by molar-refractivity contribution is 5.98. The van der Waals surface area contributed by atoms with Gasteiger partial charge in [-0.3, -0.25) is 9.59 Å². The molecule has 2 unspecified atom stereocenters. The molecule has 0 saturated carbocycles. The van der Waals surface area contributed by atoms with Gasteiger partial charge in [-0.15, -0.1) is 13.2 Å². The number of benzene rings is 2. The molecule has 0 aliphatic heterocycles. The first kappa shape index (κ1) is 20.4. The molecule has 0 radical (unpaired) electrons. The third-order valence-electron chi connectivity index (χ3n) is 3.60. The van der Waals surface area contributed by atoms with Crippen LogP contribution < -0.4 is 10.1 Å². The van der Waals surface area contributed by atoms with Gasteiger partial charge in [0.1, 0.15) is 24.5 Å². The van der Waals surface area contributed by atoms with E-state index in [2.05, 4.69) is 10.1 Å². The Balaban J connectivity index is 2.15. The molecule has 0 aromatic heterocycles. The van der Waals surface area contributed by atoms with E-state index in [1.54, 1.807) is 18.2 Å². The number of carbonyl (C=O) groups is 2. The van der Waals surface area contributed by atoms with Gasteiger partial charge in [-0.05, 0) is 29.8 Å². The lowest BCUT2D eigenvalue weighted by molar-refractivity contribution is -0.274. The summed E-state index contributed by atoms with van der Waals surface area (Å²) < 4.78 is 40.2. The number of hydrogen-bond donors (Lipinski definition) is 3. The van der Waals surface area contributed by atoms with Crippen LogP contribution in [0.2, 0.25) is 0 Å². The molecule has 6 nitrogen and oxygen atoms in total. The number of hydrogen-bond acceptors (Lipinski definition) is 5. The molecule has 0 fully saturated rings. The summed E-state index contributed by atoms with van der Waals surface area (Å²) in [6.07, 6.45) is -6.27. The van der Waals surface area contributed by atoms with Crippen molar-refractivity contribution >= 4 is 11.7 Å². The van der Waals surface area contributed by atoms with Crippen LogP contribution in [0.4, 0.5) is 13.2 Å². The van der Waals surface area contributed by atoms with Crippen molar-refractivity contribution in [1.29, 1.82) is 0 Å². The second kappa shape index (κ2) is 8.65. The third-order valence-corrected chi connectivity index (χ3v) is 3.60. The number of alkyl halides is 3. The van der Waals surface area contributed by atoms with Gasteiger partial charge in [0, 0.05) is 5.56 Å². The zero-order chi connectivity index (χ0) is 20.0. The van der Waals surface area contributed by atoms with Gasteiger partial charge in [-0.1, -0.05) is 30.3 Å². The van der Waals surface area contributed by atoms with Crippen LogP contribution in [0.15, 0.2) is 54.6 Å². The first-order valence-corrected chi connectivity index (χ1v) is 7.74. The number of carbonyl (C=O) groups excluding carboxylic acids is 2. The largest absolute Gasteiger partial charge is 0.573 e. The summed E-state index contributed by atoms with van der Waals surface area (Å²) >= 11 is 0. The van der Waals surface area contributed by atoms with Gasteiger partial charge in [0.25, 0.3) is 5.91 Å². The van der Waals surface area contributed by atoms with Crippen molar-refractivity contribution in [1.82, 2.24) is 5.32 Å². The van der Waals surface area contributed by atoms with Crippen molar-refractivity contribution in [2.24, 2.45) is 0 Å². The fourth-order valence-corrected chi connectivity index (χ4v) is 2.31. The first-order valence-electron chi connectivity index (χ1n) is 7.74. The molecular weight excluding hydrogens is 367 g/mol. The maximum Gasteiger partial charge on any atom is 0.573 e. The maximum atomic E-state index is 12.3. The Kier molecular flexibility index (Phi) is 6.54. The molecule has 9 heteroatoms. The summed E-state index contributed by atoms with van der Waals surface area (Å²) in [5, 5.41) is 21.7. The van der Waals surface area contributed by atoms with Gasteiger partial charge in [0.2, 0.25) is 0 Å². The van der Waals surface area contributed by atoms with Crippen LogP contribution in [0, 0.1) is 0 Å². The zero-order valence-electron chi connectivity index (χ0n) is 13.8. The molecule has 27 heavy (non-hydrogen) atoms. The Morgan fingerprint density at radius 3 is 2.15 bits per heavy atom. The summed E-state index contributed by atoms with van der Waals surface area (Å²) in [6, 6.07) is 10.6. The number of rotatable bonds is 7. The molecule has 1 amide bonds. The van der Waals surface area contributed by atoms with E-state index in [1.165, 1.54) is 12.1 Å². The second-order valence-corrected chi connectivity index (χ2v) is 5.50. The van der Waals surface area contributed by atoms with Crippen LogP contribution in [0.5, 0.6) is 5.75 Å². The molecule has 0 saturated heterocycles. The molecule has 0 aliphatic rings. The number of Topliss-reactive ketones (excluding diaryl/α,β-unsaturated/α-hetero) is 1. The predicted molar refractivity (Wildman–Crippen MR) is 87.9 cm³/mol. The van der Waals surface area contributed by atoms with Crippen LogP contribution in [-0.4, -0.2) is 40.9 Å². The standard InChI is InChI=1S/C18H16F3NO5/c19-18(20,21)27-13-8-6-12(7-9-13)17(26)22-15(14(24)10-23)16(25)11-4-2-1-3-5-11/h1-9,15-16,23,25H,10H2,(H,22,26). The normalized spacial score (nSPS) is 13.5. The molecule has 2 atom stereocenters. The van der Waals surface area contributed by atoms with Crippen LogP contribution in [-0.2, 0) is 4.79 Å². The van der Waals surface area contributed by atoms with Crippen LogP contribution in [0.25, 0.3) is 0 Å². The fraction of sp³-hybridized carbons (Fsp3) is 0.222. The van der Waals surface area contributed by atoms with Crippen molar-refractivity contribution < 1.29 is 37.7 Å². The van der Waals surface area contributed by atoms with E-state index in [-0.39, 0.29) is 5.56 Å². The fourth-order valence-electron chi connectivity index (χ4n) is 2.31. The van der Waals surface area contributed by atoms with Crippen molar-refractivity contribution in [3.8, 4) is 5.75 Å². The lowest BCUT2D eigenvalue weighted by Crippen LogP contribution is -2.46. The topological polar surface area (TPSA) is 95.9 Å². The summed E-state index contributed by atoms with van der Waals surface area (Å²) in [5.41, 5.74) is 0.291. The number of nitrogens with one attached hydrogen (secondary N) is 1. The Bertz CT molecular complexity index is 778. The second-order valence-electron chi connectivity index (χ2n) is 5.50. The summed E-state index contributed by atoms with van der Waals surface area (Å²) in [5.74, 6) is -2.14. The summed E-state index contributed by atoms with van der Waals surface area (Å²) in [6.45, 7) is -0.910. The highest BCUT2D eigenvalue weighted by Gasteiger charge is 2.31. The first-order chi connectivity index (χ1) is 12.7. The van der Waals surface area contributed by atoms with Gasteiger partial charge < -0.3 is 20.3 Å². The van der Waals surface area contributed by atoms with E-state index in [1.807, 2.05) is 0 Å². The number of halogens is 3. The predicted octanol–water partition coefficient (Wildman–Crippen LogP) is 1.98. The lowest BCUT2D eigenvalue weighted by atomic mass is 9.98. The quantitative estimate of drug-likeness (QED) is 0.680. The molecular formula is C18H16F3NO5. The Morgan fingerprint density at radius 1 is 1.04 bits per heavy atom. The van der Waals surface area contributed by atoms with Crippen LogP contribution in [0.3, 0.4) is 0 Å². The van der Waals surface area contributed by atoms with E-state index < -0.39 is 42.6 Å². The van der Waals surface area contributed by atoms with Gasteiger partial charge in [-0.25, -0.2) is 0 Å². The number of amides is 1. The monoisotopic (exact) mass is 383 g/mol. The molecule has 2 aromatic rings. The highest BCUT2D eigenvalue weighted by Crippen LogP contribution is 2.23. The van der Waals surface area contributed by atoms with Crippen LogP contribution >= 0.6 is 0 Å². The summed E-state index contributed by atoms with van der Waals surface area (Å²) in [7, 11) is 0. The minimum absolute atomic E-state index is 0.0551. The van der Waals surface area contributed by atoms with Gasteiger partial charge in [0.05, 0.1) is 0 Å². The average molecular weight is 383 g/mol. The van der Waals surface area contributed by atoms with Crippen LogP contribution in [0.1, 0.15) is 22.0 Å². The van der Waals surface area contributed by atoms with Crippen molar-refractivity contribution in [3.05, 3.63) is 65.7 Å². The molecule has 0 bridgehead atoms. The molecule has 0 aliphatic carbocycles. The van der Waals surface area contributed by atoms with Gasteiger partial charge >= 0.3 is 6.36 Å². The maximum absolute atomic E-state index is 12.3. The molecule has 3 N–H and O–H groups in total. The summed E-state index contributed by atoms with van der Waals surface area (Å²) in [4.78, 5) is 24.2. The molecule has 2 rings (SSSR count). The number of aliphatic hydroxyl groups excluding tert-OH is 2. The molecule has 0 heterocycles. The average Bonchev–Trinajstić information content (AvgIpc) is 2.64. The Hall–Kier alpha value is -2.91. The Labute approximate surface area is 152 Å². The van der Waals surface area contributed by atoms with Crippen molar-refractivity contribution in [3.63, 3.8) is 0 Å². The number of ketones is 1. The van der Waals surface area contributed by atoms with E-state index in [0.717, 1.165) is 24.3 Å². The SMILES string of the molecule is O=C(NC(C(=O)CO)C(O)c1ccccc1)c1ccc(OC(F)(F)F)cc1. The number of aliphatic hydroxyl groups is 2. The van der Waals surface area contributed by atoms with E-state index in [9.17, 15) is 27.9 Å². The minimum atomic E-state index is -4.86. The van der Waals surface area contributed by atoms with E-state index >= 15 is 0 Å². The molecule has 2 aromatic carbocycles. The smallest absolute Gasteiger partial charge is 0.406 e. The van der Waals surface area contributed by atoms with Crippen molar-refractivity contribution in [2.75, 3.05) is 6.61 Å². The Morgan fingerprint density at radius 2 is 1.63 bits per heavy atom. The minimum Gasteiger partial charge on any atom is -0.406 e. The third kappa shape index (κ3) is 5.80. The highest BCUT2D eigenvalue weighted by atomic mass is 19.4.